The van der Waals surface area contributed by atoms with Crippen molar-refractivity contribution >= 4 is 45.5 Å². The van der Waals surface area contributed by atoms with E-state index in [9.17, 15) is 14.7 Å². The predicted octanol–water partition coefficient (Wildman–Crippen LogP) is 5.13. The van der Waals surface area contributed by atoms with Crippen LogP contribution < -0.4 is 15.5 Å². The molecule has 8 nitrogen and oxygen atoms in total. The van der Waals surface area contributed by atoms with E-state index in [4.69, 9.17) is 0 Å². The summed E-state index contributed by atoms with van der Waals surface area (Å²) in [6, 6.07) is 25.8. The molecule has 0 fully saturated rings. The highest BCUT2D eigenvalue weighted by molar-refractivity contribution is 6.08. The Morgan fingerprint density at radius 2 is 1.53 bits per heavy atom. The number of rotatable bonds is 8. The third kappa shape index (κ3) is 4.98. The molecule has 0 unspecified atom stereocenters. The van der Waals surface area contributed by atoms with Crippen molar-refractivity contribution in [2.45, 2.75) is 0 Å². The summed E-state index contributed by atoms with van der Waals surface area (Å²) in [5, 5.41) is 16.8. The molecule has 8 heteroatoms. The summed E-state index contributed by atoms with van der Waals surface area (Å²) < 4.78 is 0. The lowest BCUT2D eigenvalue weighted by Crippen LogP contribution is -2.33. The lowest BCUT2D eigenvalue weighted by molar-refractivity contribution is 0.0979. The lowest BCUT2D eigenvalue weighted by atomic mass is 10.1. The highest BCUT2D eigenvalue weighted by Gasteiger charge is 2.18. The first-order valence-corrected chi connectivity index (χ1v) is 11.5. The van der Waals surface area contributed by atoms with Gasteiger partial charge in [-0.1, -0.05) is 6.07 Å². The number of amides is 2. The second-order valence-corrected chi connectivity index (χ2v) is 8.25. The summed E-state index contributed by atoms with van der Waals surface area (Å²) in [5.74, 6) is -0.385. The van der Waals surface area contributed by atoms with Gasteiger partial charge in [0.15, 0.2) is 0 Å². The molecule has 0 spiro atoms. The number of carbonyl (C=O) groups is 2. The largest absolute Gasteiger partial charge is 0.395 e. The number of nitrogens with zero attached hydrogens (tertiary/aromatic N) is 1. The minimum absolute atomic E-state index is 0.150. The highest BCUT2D eigenvalue weighted by Crippen LogP contribution is 2.24. The van der Waals surface area contributed by atoms with E-state index < -0.39 is 0 Å². The van der Waals surface area contributed by atoms with Gasteiger partial charge >= 0.3 is 0 Å². The van der Waals surface area contributed by atoms with Gasteiger partial charge < -0.3 is 30.6 Å². The van der Waals surface area contributed by atoms with Crippen LogP contribution in [-0.2, 0) is 0 Å². The zero-order valence-corrected chi connectivity index (χ0v) is 19.4. The second-order valence-electron chi connectivity index (χ2n) is 8.25. The normalized spacial score (nSPS) is 10.8. The molecule has 0 radical (unpaired) electrons. The van der Waals surface area contributed by atoms with E-state index in [1.54, 1.807) is 29.3 Å². The first-order valence-electron chi connectivity index (χ1n) is 11.5. The fraction of sp³-hybridized carbons (Fsp3) is 0.0714. The molecule has 0 saturated heterocycles. The highest BCUT2D eigenvalue weighted by atomic mass is 16.3. The molecule has 5 aromatic rings. The van der Waals surface area contributed by atoms with Crippen molar-refractivity contribution in [2.24, 2.45) is 0 Å². The second kappa shape index (κ2) is 10.2. The molecule has 5 rings (SSSR count). The van der Waals surface area contributed by atoms with Crippen LogP contribution in [0.5, 0.6) is 0 Å². The Labute approximate surface area is 207 Å². The number of aromatic nitrogens is 2. The van der Waals surface area contributed by atoms with E-state index in [-0.39, 0.29) is 25.0 Å². The number of anilines is 4. The summed E-state index contributed by atoms with van der Waals surface area (Å²) in [6.45, 7) is 0.0350. The monoisotopic (exact) mass is 479 g/mol. The van der Waals surface area contributed by atoms with Crippen LogP contribution in [-0.4, -0.2) is 40.0 Å². The molecule has 2 amide bonds. The van der Waals surface area contributed by atoms with Crippen molar-refractivity contribution < 1.29 is 14.7 Å². The zero-order chi connectivity index (χ0) is 24.9. The van der Waals surface area contributed by atoms with Crippen LogP contribution in [0, 0.1) is 0 Å². The maximum atomic E-state index is 13.2. The van der Waals surface area contributed by atoms with Gasteiger partial charge in [-0.15, -0.1) is 0 Å². The number of aromatic amines is 2. The van der Waals surface area contributed by atoms with Crippen LogP contribution in [0.25, 0.3) is 10.9 Å². The summed E-state index contributed by atoms with van der Waals surface area (Å²) in [7, 11) is 0. The summed E-state index contributed by atoms with van der Waals surface area (Å²) in [5.41, 5.74) is 4.99. The SMILES string of the molecule is O=C(Nc1ccc(Nc2ccc(N(CCO)C(=O)c3ccc4cc[nH]c4c3)cc2)cc1)c1ccc[nH]1. The first kappa shape index (κ1) is 22.9. The third-order valence-electron chi connectivity index (χ3n) is 5.82. The molecule has 0 aliphatic heterocycles. The fourth-order valence-corrected chi connectivity index (χ4v) is 3.98. The minimum atomic E-state index is -0.203. The van der Waals surface area contributed by atoms with E-state index >= 15 is 0 Å². The average Bonchev–Trinajstić information content (AvgIpc) is 3.61. The maximum absolute atomic E-state index is 13.2. The predicted molar refractivity (Wildman–Crippen MR) is 142 cm³/mol. The molecule has 3 aromatic carbocycles. The molecule has 2 heterocycles. The Hall–Kier alpha value is -4.82. The molecule has 0 saturated carbocycles. The number of aliphatic hydroxyl groups is 1. The molecular weight excluding hydrogens is 454 g/mol. The Morgan fingerprint density at radius 3 is 2.22 bits per heavy atom. The van der Waals surface area contributed by atoms with E-state index in [0.29, 0.717) is 22.6 Å². The van der Waals surface area contributed by atoms with Crippen LogP contribution in [0.15, 0.2) is 97.3 Å². The number of benzene rings is 3. The van der Waals surface area contributed by atoms with Crippen molar-refractivity contribution in [1.82, 2.24) is 9.97 Å². The molecule has 2 aromatic heterocycles. The minimum Gasteiger partial charge on any atom is -0.395 e. The van der Waals surface area contributed by atoms with Crippen LogP contribution >= 0.6 is 0 Å². The summed E-state index contributed by atoms with van der Waals surface area (Å²) >= 11 is 0. The number of H-pyrrole nitrogens is 2. The molecule has 180 valence electrons. The van der Waals surface area contributed by atoms with E-state index in [1.807, 2.05) is 72.9 Å². The number of fused-ring (bicyclic) bond motifs is 1. The van der Waals surface area contributed by atoms with Crippen LogP contribution in [0.4, 0.5) is 22.7 Å². The molecule has 0 atom stereocenters. The standard InChI is InChI=1S/C28H25N5O3/c34-17-16-33(28(36)20-4-3-19-13-15-30-26(19)18-20)24-11-9-22(10-12-24)31-21-5-7-23(8-6-21)32-27(35)25-2-1-14-29-25/h1-15,18,29-31,34H,16-17H2,(H,32,35). The van der Waals surface area contributed by atoms with E-state index in [0.717, 1.165) is 22.3 Å². The van der Waals surface area contributed by atoms with Gasteiger partial charge in [0.25, 0.3) is 11.8 Å². The Morgan fingerprint density at radius 1 is 0.806 bits per heavy atom. The quantitative estimate of drug-likeness (QED) is 0.212. The van der Waals surface area contributed by atoms with Crippen molar-refractivity contribution in [1.29, 1.82) is 0 Å². The molecule has 36 heavy (non-hydrogen) atoms. The number of hydrogen-bond acceptors (Lipinski definition) is 4. The Kier molecular flexibility index (Phi) is 6.51. The van der Waals surface area contributed by atoms with Gasteiger partial charge in [-0.05, 0) is 84.2 Å². The number of hydrogen-bond donors (Lipinski definition) is 5. The lowest BCUT2D eigenvalue weighted by Gasteiger charge is -2.22. The van der Waals surface area contributed by atoms with Crippen molar-refractivity contribution in [3.63, 3.8) is 0 Å². The number of aliphatic hydroxyl groups excluding tert-OH is 1. The Balaban J connectivity index is 1.26. The summed E-state index contributed by atoms with van der Waals surface area (Å²) in [4.78, 5) is 32.9. The third-order valence-corrected chi connectivity index (χ3v) is 5.82. The molecule has 0 bridgehead atoms. The van der Waals surface area contributed by atoms with Crippen molar-refractivity contribution in [3.05, 3.63) is 109 Å². The average molecular weight is 480 g/mol. The zero-order valence-electron chi connectivity index (χ0n) is 19.4. The van der Waals surface area contributed by atoms with Gasteiger partial charge in [-0.25, -0.2) is 0 Å². The van der Waals surface area contributed by atoms with Crippen molar-refractivity contribution in [2.75, 3.05) is 28.7 Å². The van der Waals surface area contributed by atoms with Gasteiger partial charge in [-0.3, -0.25) is 9.59 Å². The van der Waals surface area contributed by atoms with Gasteiger partial charge in [0.1, 0.15) is 5.69 Å². The van der Waals surface area contributed by atoms with E-state index in [2.05, 4.69) is 20.6 Å². The molecule has 0 aliphatic carbocycles. The topological polar surface area (TPSA) is 113 Å². The maximum Gasteiger partial charge on any atom is 0.272 e. The van der Waals surface area contributed by atoms with E-state index in [1.165, 1.54) is 0 Å². The van der Waals surface area contributed by atoms with Crippen LogP contribution in [0.3, 0.4) is 0 Å². The molecule has 0 aliphatic rings. The van der Waals surface area contributed by atoms with Gasteiger partial charge in [0.05, 0.1) is 6.61 Å². The number of nitrogens with one attached hydrogen (secondary N) is 4. The van der Waals surface area contributed by atoms with Crippen molar-refractivity contribution in [3.8, 4) is 0 Å². The molecule has 5 N–H and O–H groups in total. The Bertz CT molecular complexity index is 1470. The smallest absolute Gasteiger partial charge is 0.272 e. The fourth-order valence-electron chi connectivity index (χ4n) is 3.98. The first-order chi connectivity index (χ1) is 17.6. The van der Waals surface area contributed by atoms with Gasteiger partial charge in [0.2, 0.25) is 0 Å². The summed E-state index contributed by atoms with van der Waals surface area (Å²) in [6.07, 6.45) is 3.54. The molecular formula is C28H25N5O3. The van der Waals surface area contributed by atoms with Gasteiger partial charge in [-0.2, -0.15) is 0 Å². The van der Waals surface area contributed by atoms with Crippen LogP contribution in [0.1, 0.15) is 20.8 Å². The van der Waals surface area contributed by atoms with Crippen LogP contribution in [0.2, 0.25) is 0 Å². The van der Waals surface area contributed by atoms with Gasteiger partial charge in [0, 0.05) is 52.8 Å². The number of carbonyl (C=O) groups excluding carboxylic acids is 2.